The summed E-state index contributed by atoms with van der Waals surface area (Å²) in [5.74, 6) is -0.344. The monoisotopic (exact) mass is 387 g/mol. The Morgan fingerprint density at radius 3 is 2.17 bits per heavy atom. The minimum Gasteiger partial charge on any atom is -0.327 e. The topological polar surface area (TPSA) is 20.3 Å². The van der Waals surface area contributed by atoms with E-state index in [1.54, 1.807) is 12.1 Å². The molecule has 0 bridgehead atoms. The van der Waals surface area contributed by atoms with Crippen molar-refractivity contribution in [1.29, 1.82) is 0 Å². The fourth-order valence-corrected chi connectivity index (χ4v) is 4.10. The van der Waals surface area contributed by atoms with Crippen molar-refractivity contribution in [3.05, 3.63) is 106 Å². The average molecular weight is 387 g/mol. The van der Waals surface area contributed by atoms with Crippen LogP contribution in [0.1, 0.15) is 59.4 Å². The lowest BCUT2D eigenvalue weighted by Crippen LogP contribution is -2.41. The van der Waals surface area contributed by atoms with E-state index in [1.165, 1.54) is 17.2 Å². The molecule has 3 aromatic rings. The molecule has 0 unspecified atom stereocenters. The molecule has 0 saturated heterocycles. The highest BCUT2D eigenvalue weighted by molar-refractivity contribution is 5.95. The first-order chi connectivity index (χ1) is 13.9. The van der Waals surface area contributed by atoms with E-state index in [2.05, 4.69) is 26.8 Å². The second-order valence-electron chi connectivity index (χ2n) is 8.70. The molecule has 1 aliphatic rings. The van der Waals surface area contributed by atoms with Gasteiger partial charge in [-0.15, -0.1) is 0 Å². The number of hydrogen-bond donors (Lipinski definition) is 0. The van der Waals surface area contributed by atoms with Crippen molar-refractivity contribution in [3.63, 3.8) is 0 Å². The van der Waals surface area contributed by atoms with Gasteiger partial charge < -0.3 is 4.90 Å². The molecule has 1 atom stereocenters. The third-order valence-electron chi connectivity index (χ3n) is 5.74. The standard InChI is InChI=1S/C26H26FNO/c1-26(2,3)20-14-12-19(13-15-20)25(29)28-17-16-18-8-4-5-9-21(18)24(28)22-10-6-7-11-23(22)27/h4-15,24H,16-17H2,1-3H3/t24-/m1/s1. The largest absolute Gasteiger partial charge is 0.327 e. The number of carbonyl (C=O) groups is 1. The highest BCUT2D eigenvalue weighted by Gasteiger charge is 2.33. The van der Waals surface area contributed by atoms with Crippen molar-refractivity contribution >= 4 is 5.91 Å². The first kappa shape index (κ1) is 19.4. The SMILES string of the molecule is CC(C)(C)c1ccc(C(=O)N2CCc3ccccc3[C@@H]2c2ccccc2F)cc1. The molecule has 1 heterocycles. The van der Waals surface area contributed by atoms with Crippen LogP contribution in [-0.4, -0.2) is 17.4 Å². The van der Waals surface area contributed by atoms with Crippen LogP contribution in [-0.2, 0) is 11.8 Å². The van der Waals surface area contributed by atoms with Gasteiger partial charge in [-0.05, 0) is 46.7 Å². The first-order valence-electron chi connectivity index (χ1n) is 10.1. The van der Waals surface area contributed by atoms with Gasteiger partial charge in [0.05, 0.1) is 6.04 Å². The van der Waals surface area contributed by atoms with E-state index in [-0.39, 0.29) is 17.1 Å². The summed E-state index contributed by atoms with van der Waals surface area (Å²) in [4.78, 5) is 15.3. The van der Waals surface area contributed by atoms with E-state index in [1.807, 2.05) is 53.4 Å². The molecule has 4 rings (SSSR count). The highest BCUT2D eigenvalue weighted by Crippen LogP contribution is 2.37. The zero-order valence-corrected chi connectivity index (χ0v) is 17.2. The Balaban J connectivity index is 1.76. The third-order valence-corrected chi connectivity index (χ3v) is 5.74. The number of hydrogen-bond acceptors (Lipinski definition) is 1. The Morgan fingerprint density at radius 1 is 0.897 bits per heavy atom. The molecule has 0 aliphatic carbocycles. The van der Waals surface area contributed by atoms with E-state index >= 15 is 0 Å². The van der Waals surface area contributed by atoms with Crippen LogP contribution in [0.3, 0.4) is 0 Å². The number of carbonyl (C=O) groups excluding carboxylic acids is 1. The van der Waals surface area contributed by atoms with Gasteiger partial charge in [0, 0.05) is 17.7 Å². The number of halogens is 1. The summed E-state index contributed by atoms with van der Waals surface area (Å²) in [6.45, 7) is 7.02. The molecule has 29 heavy (non-hydrogen) atoms. The Morgan fingerprint density at radius 2 is 1.52 bits per heavy atom. The van der Waals surface area contributed by atoms with E-state index in [0.29, 0.717) is 17.7 Å². The molecule has 0 radical (unpaired) electrons. The Bertz CT molecular complexity index is 1030. The molecule has 0 N–H and O–H groups in total. The Labute approximate surface area is 172 Å². The zero-order chi connectivity index (χ0) is 20.6. The maximum absolute atomic E-state index is 14.8. The van der Waals surface area contributed by atoms with Crippen molar-refractivity contribution in [1.82, 2.24) is 4.90 Å². The lowest BCUT2D eigenvalue weighted by Gasteiger charge is -2.38. The summed E-state index contributed by atoms with van der Waals surface area (Å²) in [7, 11) is 0. The van der Waals surface area contributed by atoms with Crippen molar-refractivity contribution in [2.75, 3.05) is 6.54 Å². The number of rotatable bonds is 2. The van der Waals surface area contributed by atoms with Gasteiger partial charge in [0.2, 0.25) is 0 Å². The van der Waals surface area contributed by atoms with E-state index in [0.717, 1.165) is 12.0 Å². The molecule has 3 aromatic carbocycles. The molecule has 0 saturated carbocycles. The van der Waals surface area contributed by atoms with Crippen LogP contribution >= 0.6 is 0 Å². The molecule has 2 nitrogen and oxygen atoms in total. The predicted octanol–water partition coefficient (Wildman–Crippen LogP) is 5.91. The smallest absolute Gasteiger partial charge is 0.254 e. The van der Waals surface area contributed by atoms with Crippen molar-refractivity contribution in [3.8, 4) is 0 Å². The van der Waals surface area contributed by atoms with Crippen LogP contribution in [0.25, 0.3) is 0 Å². The third kappa shape index (κ3) is 3.69. The molecule has 3 heteroatoms. The van der Waals surface area contributed by atoms with Gasteiger partial charge in [0.15, 0.2) is 0 Å². The van der Waals surface area contributed by atoms with Crippen LogP contribution in [0.4, 0.5) is 4.39 Å². The average Bonchev–Trinajstić information content (AvgIpc) is 2.72. The van der Waals surface area contributed by atoms with Gasteiger partial charge in [0.25, 0.3) is 5.91 Å². The summed E-state index contributed by atoms with van der Waals surface area (Å²) in [5, 5.41) is 0. The number of fused-ring (bicyclic) bond motifs is 1. The fraction of sp³-hybridized carbons (Fsp3) is 0.269. The Hall–Kier alpha value is -2.94. The lowest BCUT2D eigenvalue weighted by atomic mass is 9.86. The number of nitrogens with zero attached hydrogens (tertiary/aromatic N) is 1. The summed E-state index contributed by atoms with van der Waals surface area (Å²) < 4.78 is 14.8. The molecule has 1 amide bonds. The van der Waals surface area contributed by atoms with E-state index in [4.69, 9.17) is 0 Å². The molecular formula is C26H26FNO. The maximum Gasteiger partial charge on any atom is 0.254 e. The molecule has 0 aromatic heterocycles. The minimum atomic E-state index is -0.420. The number of benzene rings is 3. The molecule has 0 fully saturated rings. The summed E-state index contributed by atoms with van der Waals surface area (Å²) in [5.41, 5.74) is 4.57. The van der Waals surface area contributed by atoms with Crippen molar-refractivity contribution < 1.29 is 9.18 Å². The van der Waals surface area contributed by atoms with Crippen LogP contribution < -0.4 is 0 Å². The molecule has 1 aliphatic heterocycles. The first-order valence-corrected chi connectivity index (χ1v) is 10.1. The lowest BCUT2D eigenvalue weighted by molar-refractivity contribution is 0.0692. The Kier molecular flexibility index (Phi) is 4.99. The van der Waals surface area contributed by atoms with Gasteiger partial charge >= 0.3 is 0 Å². The van der Waals surface area contributed by atoms with E-state index < -0.39 is 6.04 Å². The van der Waals surface area contributed by atoms with Gasteiger partial charge in [-0.1, -0.05) is 75.4 Å². The van der Waals surface area contributed by atoms with Crippen LogP contribution in [0, 0.1) is 5.82 Å². The zero-order valence-electron chi connectivity index (χ0n) is 17.2. The van der Waals surface area contributed by atoms with Crippen LogP contribution in [0.5, 0.6) is 0 Å². The normalized spacial score (nSPS) is 16.4. The maximum atomic E-state index is 14.8. The van der Waals surface area contributed by atoms with Gasteiger partial charge in [0.1, 0.15) is 5.82 Å². The van der Waals surface area contributed by atoms with Gasteiger partial charge in [-0.25, -0.2) is 4.39 Å². The minimum absolute atomic E-state index is 0.0291. The summed E-state index contributed by atoms with van der Waals surface area (Å²) >= 11 is 0. The summed E-state index contributed by atoms with van der Waals surface area (Å²) in [6, 6.07) is 22.2. The van der Waals surface area contributed by atoms with E-state index in [9.17, 15) is 9.18 Å². The van der Waals surface area contributed by atoms with Gasteiger partial charge in [-0.3, -0.25) is 4.79 Å². The van der Waals surface area contributed by atoms with Crippen LogP contribution in [0.2, 0.25) is 0 Å². The van der Waals surface area contributed by atoms with Crippen molar-refractivity contribution in [2.24, 2.45) is 0 Å². The number of amides is 1. The summed E-state index contributed by atoms with van der Waals surface area (Å²) in [6.07, 6.45) is 0.771. The predicted molar refractivity (Wildman–Crippen MR) is 115 cm³/mol. The molecule has 148 valence electrons. The fourth-order valence-electron chi connectivity index (χ4n) is 4.10. The van der Waals surface area contributed by atoms with Crippen molar-refractivity contribution in [2.45, 2.75) is 38.6 Å². The highest BCUT2D eigenvalue weighted by atomic mass is 19.1. The quantitative estimate of drug-likeness (QED) is 0.535. The van der Waals surface area contributed by atoms with Gasteiger partial charge in [-0.2, -0.15) is 0 Å². The second-order valence-corrected chi connectivity index (χ2v) is 8.70. The second kappa shape index (κ2) is 7.47. The molecular weight excluding hydrogens is 361 g/mol. The van der Waals surface area contributed by atoms with Crippen LogP contribution in [0.15, 0.2) is 72.8 Å². The molecule has 0 spiro atoms.